The topological polar surface area (TPSA) is 29.3 Å². The van der Waals surface area contributed by atoms with Gasteiger partial charge in [-0.25, -0.2) is 0 Å². The van der Waals surface area contributed by atoms with E-state index in [2.05, 4.69) is 37.0 Å². The molecule has 0 aromatic heterocycles. The lowest BCUT2D eigenvalue weighted by atomic mass is 10.2. The van der Waals surface area contributed by atoms with Gasteiger partial charge in [-0.3, -0.25) is 9.69 Å². The summed E-state index contributed by atoms with van der Waals surface area (Å²) in [5.74, 6) is -0.124. The fourth-order valence-electron chi connectivity index (χ4n) is 2.46. The molecule has 0 bridgehead atoms. The van der Waals surface area contributed by atoms with Crippen LogP contribution in [-0.2, 0) is 16.1 Å². The second kappa shape index (κ2) is 6.02. The fourth-order valence-corrected chi connectivity index (χ4v) is 2.46. The summed E-state index contributed by atoms with van der Waals surface area (Å²) in [5.41, 5.74) is 2.01. The van der Waals surface area contributed by atoms with E-state index >= 15 is 0 Å². The highest BCUT2D eigenvalue weighted by atomic mass is 16.6. The van der Waals surface area contributed by atoms with E-state index in [0.717, 1.165) is 6.54 Å². The predicted molar refractivity (Wildman–Crippen MR) is 84.8 cm³/mol. The minimum Gasteiger partial charge on any atom is -0.459 e. The van der Waals surface area contributed by atoms with Gasteiger partial charge in [-0.15, -0.1) is 0 Å². The van der Waals surface area contributed by atoms with Crippen molar-refractivity contribution in [3.05, 3.63) is 47.5 Å². The summed E-state index contributed by atoms with van der Waals surface area (Å²) in [7, 11) is 0. The average molecular weight is 287 g/mol. The summed E-state index contributed by atoms with van der Waals surface area (Å²) >= 11 is 0. The Hall–Kier alpha value is -1.61. The Morgan fingerprint density at radius 2 is 1.86 bits per heavy atom. The summed E-state index contributed by atoms with van der Waals surface area (Å²) in [6, 6.07) is 10.2. The minimum absolute atomic E-state index is 0.124. The molecule has 1 unspecified atom stereocenters. The monoisotopic (exact) mass is 287 g/mol. The zero-order valence-electron chi connectivity index (χ0n) is 13.6. The SMILES string of the molecule is CC(C)=C[C@H]1[C@H](C(=O)OC(C)(C)C)N1Cc1ccccc1. The van der Waals surface area contributed by atoms with Gasteiger partial charge in [0.1, 0.15) is 11.6 Å². The number of carbonyl (C=O) groups excluding carboxylic acids is 1. The zero-order valence-corrected chi connectivity index (χ0v) is 13.6. The lowest BCUT2D eigenvalue weighted by Gasteiger charge is -2.19. The highest BCUT2D eigenvalue weighted by Gasteiger charge is 2.52. The molecule has 1 aromatic carbocycles. The van der Waals surface area contributed by atoms with Crippen LogP contribution in [0.1, 0.15) is 40.2 Å². The van der Waals surface area contributed by atoms with Crippen LogP contribution in [0.3, 0.4) is 0 Å². The third kappa shape index (κ3) is 4.43. The Kier molecular flexibility index (Phi) is 4.52. The molecule has 0 amide bonds. The van der Waals surface area contributed by atoms with Crippen molar-refractivity contribution < 1.29 is 9.53 Å². The molecule has 1 heterocycles. The van der Waals surface area contributed by atoms with Gasteiger partial charge in [0.25, 0.3) is 0 Å². The number of hydrogen-bond acceptors (Lipinski definition) is 3. The quantitative estimate of drug-likeness (QED) is 0.482. The third-order valence-electron chi connectivity index (χ3n) is 3.33. The first-order valence-corrected chi connectivity index (χ1v) is 7.45. The van der Waals surface area contributed by atoms with Crippen LogP contribution in [0.25, 0.3) is 0 Å². The molecular formula is C18H25NO2. The van der Waals surface area contributed by atoms with Crippen LogP contribution in [0.4, 0.5) is 0 Å². The van der Waals surface area contributed by atoms with Crippen molar-refractivity contribution in [3.63, 3.8) is 0 Å². The van der Waals surface area contributed by atoms with E-state index in [4.69, 9.17) is 4.74 Å². The van der Waals surface area contributed by atoms with E-state index in [1.807, 2.05) is 39.0 Å². The third-order valence-corrected chi connectivity index (χ3v) is 3.33. The lowest BCUT2D eigenvalue weighted by molar-refractivity contribution is -0.155. The maximum atomic E-state index is 12.3. The van der Waals surface area contributed by atoms with Gasteiger partial charge < -0.3 is 4.74 Å². The van der Waals surface area contributed by atoms with Gasteiger partial charge in [0.2, 0.25) is 0 Å². The molecule has 0 radical (unpaired) electrons. The first-order chi connectivity index (χ1) is 9.78. The van der Waals surface area contributed by atoms with Gasteiger partial charge in [-0.1, -0.05) is 42.0 Å². The number of esters is 1. The summed E-state index contributed by atoms with van der Waals surface area (Å²) in [6.07, 6.45) is 2.15. The Bertz CT molecular complexity index is 524. The van der Waals surface area contributed by atoms with Gasteiger partial charge in [-0.05, 0) is 40.2 Å². The normalized spacial score (nSPS) is 24.3. The van der Waals surface area contributed by atoms with Gasteiger partial charge in [0, 0.05) is 6.54 Å². The van der Waals surface area contributed by atoms with Crippen molar-refractivity contribution in [2.75, 3.05) is 0 Å². The molecule has 0 saturated carbocycles. The molecule has 0 aliphatic carbocycles. The molecule has 21 heavy (non-hydrogen) atoms. The molecule has 114 valence electrons. The predicted octanol–water partition coefficient (Wildman–Crippen LogP) is 3.55. The molecule has 1 fully saturated rings. The Labute approximate surface area is 127 Å². The van der Waals surface area contributed by atoms with E-state index in [1.54, 1.807) is 0 Å². The number of allylic oxidation sites excluding steroid dienone is 1. The van der Waals surface area contributed by atoms with Crippen LogP contribution in [0.2, 0.25) is 0 Å². The molecule has 1 saturated heterocycles. The smallest absolute Gasteiger partial charge is 0.325 e. The largest absolute Gasteiger partial charge is 0.459 e. The molecule has 0 spiro atoms. The van der Waals surface area contributed by atoms with Crippen molar-refractivity contribution in [1.82, 2.24) is 4.90 Å². The molecule has 3 heteroatoms. The Balaban J connectivity index is 2.08. The van der Waals surface area contributed by atoms with Crippen molar-refractivity contribution in [2.24, 2.45) is 0 Å². The second-order valence-corrected chi connectivity index (χ2v) is 6.87. The number of nitrogens with zero attached hydrogens (tertiary/aromatic N) is 1. The number of ether oxygens (including phenoxy) is 1. The first kappa shape index (κ1) is 15.8. The second-order valence-electron chi connectivity index (χ2n) is 6.87. The van der Waals surface area contributed by atoms with Crippen LogP contribution in [-0.4, -0.2) is 28.6 Å². The Morgan fingerprint density at radius 3 is 2.38 bits per heavy atom. The maximum absolute atomic E-state index is 12.3. The maximum Gasteiger partial charge on any atom is 0.325 e. The molecule has 1 aliphatic heterocycles. The van der Waals surface area contributed by atoms with Gasteiger partial charge >= 0.3 is 5.97 Å². The molecule has 1 aromatic rings. The molecule has 3 atom stereocenters. The molecule has 1 aliphatic rings. The van der Waals surface area contributed by atoms with Crippen LogP contribution < -0.4 is 0 Å². The molecule has 2 rings (SSSR count). The van der Waals surface area contributed by atoms with E-state index < -0.39 is 5.60 Å². The van der Waals surface area contributed by atoms with Gasteiger partial charge in [-0.2, -0.15) is 0 Å². The van der Waals surface area contributed by atoms with E-state index in [0.29, 0.717) is 0 Å². The van der Waals surface area contributed by atoms with Gasteiger partial charge in [0.05, 0.1) is 6.04 Å². The van der Waals surface area contributed by atoms with Crippen molar-refractivity contribution in [1.29, 1.82) is 0 Å². The average Bonchev–Trinajstić information content (AvgIpc) is 3.00. The number of benzene rings is 1. The van der Waals surface area contributed by atoms with Gasteiger partial charge in [0.15, 0.2) is 0 Å². The molecule has 3 nitrogen and oxygen atoms in total. The van der Waals surface area contributed by atoms with Crippen LogP contribution in [0.5, 0.6) is 0 Å². The summed E-state index contributed by atoms with van der Waals surface area (Å²) < 4.78 is 5.53. The number of carbonyl (C=O) groups is 1. The summed E-state index contributed by atoms with van der Waals surface area (Å²) in [6.45, 7) is 10.6. The minimum atomic E-state index is -0.437. The fraction of sp³-hybridized carbons (Fsp3) is 0.500. The lowest BCUT2D eigenvalue weighted by Crippen LogP contribution is -2.28. The molecular weight excluding hydrogens is 262 g/mol. The van der Waals surface area contributed by atoms with Crippen molar-refractivity contribution >= 4 is 5.97 Å². The first-order valence-electron chi connectivity index (χ1n) is 7.45. The summed E-state index contributed by atoms with van der Waals surface area (Å²) in [5, 5.41) is 0. The van der Waals surface area contributed by atoms with E-state index in [-0.39, 0.29) is 18.1 Å². The standard InChI is InChI=1S/C18H25NO2/c1-13(2)11-15-16(17(20)21-18(3,4)5)19(15)12-14-9-7-6-8-10-14/h6-11,15-16H,12H2,1-5H3/t15-,16+,19?/m0/s1. The van der Waals surface area contributed by atoms with Crippen LogP contribution >= 0.6 is 0 Å². The Morgan fingerprint density at radius 1 is 1.24 bits per heavy atom. The highest BCUT2D eigenvalue weighted by molar-refractivity contribution is 5.81. The van der Waals surface area contributed by atoms with E-state index in [1.165, 1.54) is 11.1 Å². The number of rotatable bonds is 4. The number of hydrogen-bond donors (Lipinski definition) is 0. The molecule has 0 N–H and O–H groups in total. The summed E-state index contributed by atoms with van der Waals surface area (Å²) in [4.78, 5) is 14.5. The van der Waals surface area contributed by atoms with E-state index in [9.17, 15) is 4.79 Å². The highest BCUT2D eigenvalue weighted by Crippen LogP contribution is 2.34. The van der Waals surface area contributed by atoms with Crippen molar-refractivity contribution in [2.45, 2.75) is 58.8 Å². The van der Waals surface area contributed by atoms with Crippen molar-refractivity contribution in [3.8, 4) is 0 Å². The zero-order chi connectivity index (χ0) is 15.6. The van der Waals surface area contributed by atoms with Crippen LogP contribution in [0, 0.1) is 0 Å². The van der Waals surface area contributed by atoms with Crippen LogP contribution in [0.15, 0.2) is 42.0 Å².